The molecule has 3 fully saturated rings. The third-order valence-electron chi connectivity index (χ3n) is 5.63. The maximum atomic E-state index is 13.4. The summed E-state index contributed by atoms with van der Waals surface area (Å²) in [7, 11) is 0. The van der Waals surface area contributed by atoms with Crippen LogP contribution in [0.3, 0.4) is 0 Å². The van der Waals surface area contributed by atoms with E-state index in [0.29, 0.717) is 5.56 Å². The molecule has 3 aliphatic rings. The van der Waals surface area contributed by atoms with Crippen LogP contribution in [0.5, 0.6) is 0 Å². The number of benzene rings is 1. The number of hydrogen-bond donors (Lipinski definition) is 0. The first-order chi connectivity index (χ1) is 13.7. The van der Waals surface area contributed by atoms with Gasteiger partial charge < -0.3 is 14.4 Å². The highest BCUT2D eigenvalue weighted by molar-refractivity contribution is 5.95. The second-order valence-electron chi connectivity index (χ2n) is 7.43. The van der Waals surface area contributed by atoms with Gasteiger partial charge in [0.15, 0.2) is 0 Å². The molecule has 5 heterocycles. The molecular weight excluding hydrogens is 357 g/mol. The van der Waals surface area contributed by atoms with E-state index in [9.17, 15) is 9.18 Å². The molecule has 6 nitrogen and oxygen atoms in total. The Morgan fingerprint density at radius 1 is 1.11 bits per heavy atom. The van der Waals surface area contributed by atoms with Crippen LogP contribution in [0.1, 0.15) is 22.3 Å². The van der Waals surface area contributed by atoms with Crippen molar-refractivity contribution in [1.29, 1.82) is 0 Å². The topological polar surface area (TPSA) is 54.3 Å². The van der Waals surface area contributed by atoms with E-state index < -0.39 is 5.95 Å². The Morgan fingerprint density at radius 3 is 2.57 bits per heavy atom. The standard InChI is InChI=1S/C21H20FN5O/c22-20-10-17(5-6-24-20)26-12-18-9-19(13-26)27(18)21(28)16-3-1-15(2-4-16)11-25-8-7-23-14-25/h1-8,10,14,18-19H,9,11-13H2. The zero-order valence-corrected chi connectivity index (χ0v) is 15.3. The number of amides is 1. The van der Waals surface area contributed by atoms with Crippen LogP contribution in [0.4, 0.5) is 10.1 Å². The lowest BCUT2D eigenvalue weighted by Crippen LogP contribution is -2.70. The predicted octanol–water partition coefficient (Wildman–Crippen LogP) is 2.57. The summed E-state index contributed by atoms with van der Waals surface area (Å²) in [6.45, 7) is 2.19. The highest BCUT2D eigenvalue weighted by Gasteiger charge is 2.47. The Hall–Kier alpha value is -3.22. The van der Waals surface area contributed by atoms with Crippen LogP contribution in [0.2, 0.25) is 0 Å². The molecule has 0 radical (unpaired) electrons. The van der Waals surface area contributed by atoms with Gasteiger partial charge in [-0.05, 0) is 30.2 Å². The number of nitrogens with zero attached hydrogens (tertiary/aromatic N) is 5. The van der Waals surface area contributed by atoms with Gasteiger partial charge in [0.1, 0.15) is 0 Å². The van der Waals surface area contributed by atoms with Crippen LogP contribution >= 0.6 is 0 Å². The van der Waals surface area contributed by atoms with Gasteiger partial charge in [0.05, 0.1) is 18.4 Å². The number of carbonyl (C=O) groups is 1. The molecule has 0 saturated carbocycles. The van der Waals surface area contributed by atoms with Crippen molar-refractivity contribution in [3.05, 3.63) is 78.4 Å². The molecule has 0 spiro atoms. The summed E-state index contributed by atoms with van der Waals surface area (Å²) in [4.78, 5) is 24.8. The van der Waals surface area contributed by atoms with Gasteiger partial charge in [-0.3, -0.25) is 4.79 Å². The van der Waals surface area contributed by atoms with E-state index in [1.54, 1.807) is 12.5 Å². The Kier molecular flexibility index (Phi) is 4.07. The lowest BCUT2D eigenvalue weighted by Gasteiger charge is -2.56. The predicted molar refractivity (Wildman–Crippen MR) is 103 cm³/mol. The number of piperazine rings is 1. The zero-order valence-electron chi connectivity index (χ0n) is 15.3. The minimum absolute atomic E-state index is 0.0796. The van der Waals surface area contributed by atoms with Crippen molar-refractivity contribution in [2.24, 2.45) is 0 Å². The fourth-order valence-corrected chi connectivity index (χ4v) is 4.23. The van der Waals surface area contributed by atoms with E-state index in [2.05, 4.69) is 14.9 Å². The molecule has 2 aromatic heterocycles. The third kappa shape index (κ3) is 3.02. The fourth-order valence-electron chi connectivity index (χ4n) is 4.23. The summed E-state index contributed by atoms with van der Waals surface area (Å²) in [5.74, 6) is -0.392. The molecule has 2 atom stereocenters. The van der Waals surface area contributed by atoms with Crippen molar-refractivity contribution in [3.63, 3.8) is 0 Å². The van der Waals surface area contributed by atoms with Gasteiger partial charge in [0.25, 0.3) is 5.91 Å². The number of piperidine rings is 1. The van der Waals surface area contributed by atoms with Gasteiger partial charge in [0.2, 0.25) is 5.95 Å². The van der Waals surface area contributed by atoms with E-state index in [4.69, 9.17) is 0 Å². The van der Waals surface area contributed by atoms with Crippen molar-refractivity contribution in [3.8, 4) is 0 Å². The number of imidazole rings is 1. The number of halogens is 1. The number of fused-ring (bicyclic) bond motifs is 2. The van der Waals surface area contributed by atoms with Gasteiger partial charge in [0, 0.05) is 55.5 Å². The normalized spacial score (nSPS) is 20.8. The highest BCUT2D eigenvalue weighted by atomic mass is 19.1. The van der Waals surface area contributed by atoms with Gasteiger partial charge >= 0.3 is 0 Å². The number of aromatic nitrogens is 3. The van der Waals surface area contributed by atoms with E-state index in [1.165, 1.54) is 12.3 Å². The van der Waals surface area contributed by atoms with Crippen molar-refractivity contribution >= 4 is 11.6 Å². The molecule has 7 heteroatoms. The summed E-state index contributed by atoms with van der Waals surface area (Å²) in [5, 5.41) is 0. The Bertz CT molecular complexity index is 976. The van der Waals surface area contributed by atoms with E-state index in [1.807, 2.05) is 46.0 Å². The Labute approximate surface area is 162 Å². The first kappa shape index (κ1) is 16.9. The van der Waals surface area contributed by atoms with Crippen LogP contribution in [0, 0.1) is 5.95 Å². The molecule has 0 N–H and O–H groups in total. The minimum atomic E-state index is -0.472. The first-order valence-corrected chi connectivity index (χ1v) is 9.41. The molecule has 6 rings (SSSR count). The monoisotopic (exact) mass is 377 g/mol. The van der Waals surface area contributed by atoms with Gasteiger partial charge in [-0.15, -0.1) is 0 Å². The van der Waals surface area contributed by atoms with Gasteiger partial charge in [-0.1, -0.05) is 12.1 Å². The van der Waals surface area contributed by atoms with E-state index in [0.717, 1.165) is 37.3 Å². The third-order valence-corrected chi connectivity index (χ3v) is 5.63. The molecule has 142 valence electrons. The largest absolute Gasteiger partial charge is 0.367 e. The van der Waals surface area contributed by atoms with Crippen molar-refractivity contribution in [2.75, 3.05) is 18.0 Å². The number of anilines is 1. The first-order valence-electron chi connectivity index (χ1n) is 9.41. The van der Waals surface area contributed by atoms with Gasteiger partial charge in [-0.25, -0.2) is 9.97 Å². The SMILES string of the molecule is O=C(c1ccc(Cn2ccnc2)cc1)N1C2CC1CN(c1ccnc(F)c1)C2. The summed E-state index contributed by atoms with van der Waals surface area (Å²) < 4.78 is 15.4. The summed E-state index contributed by atoms with van der Waals surface area (Å²) in [6.07, 6.45) is 7.94. The number of carbonyl (C=O) groups excluding carboxylic acids is 1. The summed E-state index contributed by atoms with van der Waals surface area (Å²) in [5.41, 5.74) is 2.68. The van der Waals surface area contributed by atoms with Crippen LogP contribution in [-0.2, 0) is 6.54 Å². The molecule has 2 unspecified atom stereocenters. The number of pyridine rings is 1. The smallest absolute Gasteiger partial charge is 0.254 e. The molecule has 3 aliphatic heterocycles. The highest BCUT2D eigenvalue weighted by Crippen LogP contribution is 2.35. The Morgan fingerprint density at radius 2 is 1.89 bits per heavy atom. The quantitative estimate of drug-likeness (QED) is 0.656. The van der Waals surface area contributed by atoms with Gasteiger partial charge in [-0.2, -0.15) is 4.39 Å². The van der Waals surface area contributed by atoms with Crippen molar-refractivity contribution in [1.82, 2.24) is 19.4 Å². The van der Waals surface area contributed by atoms with Crippen LogP contribution < -0.4 is 4.90 Å². The number of rotatable bonds is 4. The summed E-state index contributed by atoms with van der Waals surface area (Å²) in [6, 6.07) is 11.4. The summed E-state index contributed by atoms with van der Waals surface area (Å²) >= 11 is 0. The maximum Gasteiger partial charge on any atom is 0.254 e. The number of hydrogen-bond acceptors (Lipinski definition) is 4. The van der Waals surface area contributed by atoms with E-state index in [-0.39, 0.29) is 18.0 Å². The average Bonchev–Trinajstić information content (AvgIpc) is 3.21. The average molecular weight is 377 g/mol. The second kappa shape index (κ2) is 6.74. The van der Waals surface area contributed by atoms with Crippen LogP contribution in [0.25, 0.3) is 0 Å². The van der Waals surface area contributed by atoms with Crippen molar-refractivity contribution in [2.45, 2.75) is 25.0 Å². The molecule has 28 heavy (non-hydrogen) atoms. The lowest BCUT2D eigenvalue weighted by molar-refractivity contribution is 0.00591. The Balaban J connectivity index is 1.26. The molecule has 3 saturated heterocycles. The lowest BCUT2D eigenvalue weighted by atomic mass is 9.86. The second-order valence-corrected chi connectivity index (χ2v) is 7.43. The molecule has 3 aromatic rings. The molecular formula is C21H20FN5O. The molecule has 1 aromatic carbocycles. The molecule has 1 amide bonds. The maximum absolute atomic E-state index is 13.4. The van der Waals surface area contributed by atoms with Crippen molar-refractivity contribution < 1.29 is 9.18 Å². The van der Waals surface area contributed by atoms with E-state index >= 15 is 0 Å². The van der Waals surface area contributed by atoms with Crippen LogP contribution in [0.15, 0.2) is 61.3 Å². The minimum Gasteiger partial charge on any atom is -0.367 e. The van der Waals surface area contributed by atoms with Crippen LogP contribution in [-0.4, -0.2) is 50.5 Å². The molecule has 0 aliphatic carbocycles. The molecule has 2 bridgehead atoms. The fraction of sp³-hybridized carbons (Fsp3) is 0.286. The zero-order chi connectivity index (χ0) is 19.1.